The summed E-state index contributed by atoms with van der Waals surface area (Å²) >= 11 is 6.09. The van der Waals surface area contributed by atoms with E-state index in [-0.39, 0.29) is 5.91 Å². The van der Waals surface area contributed by atoms with Crippen LogP contribution in [0.25, 0.3) is 0 Å². The number of hydrogen-bond donors (Lipinski definition) is 0. The van der Waals surface area contributed by atoms with E-state index < -0.39 is 0 Å². The number of alkyl halides is 1. The average Bonchev–Trinajstić information content (AvgIpc) is 1.84. The fraction of sp³-hybridized carbons (Fsp3) is 0.750. The van der Waals surface area contributed by atoms with Gasteiger partial charge in [-0.3, -0.25) is 8.72 Å². The number of rotatable bonds is 2. The van der Waals surface area contributed by atoms with Gasteiger partial charge in [-0.05, 0) is 6.92 Å². The molecule has 0 spiro atoms. The van der Waals surface area contributed by atoms with Crippen LogP contribution in [-0.2, 0) is 4.79 Å². The molecule has 0 saturated heterocycles. The highest BCUT2D eigenvalue weighted by Gasteiger charge is 2.03. The van der Waals surface area contributed by atoms with Crippen LogP contribution in [-0.4, -0.2) is 21.7 Å². The number of hydrogen-bond acceptors (Lipinski definition) is 1. The van der Waals surface area contributed by atoms with E-state index in [1.54, 1.807) is 0 Å². The smallest absolute Gasteiger partial charge is 0.243 e. The topological polar surface area (TPSA) is 20.3 Å². The van der Waals surface area contributed by atoms with E-state index in [4.69, 9.17) is 0 Å². The Bertz CT molecular complexity index is 86.1. The monoisotopic (exact) mass is 243 g/mol. The Morgan fingerprint density at radius 2 is 2.25 bits per heavy atom. The minimum Gasteiger partial charge on any atom is -0.278 e. The SMILES string of the molecule is CCN(Br)C(=O)CBr. The van der Waals surface area contributed by atoms with Crippen molar-refractivity contribution in [3.05, 3.63) is 0 Å². The van der Waals surface area contributed by atoms with Crippen LogP contribution < -0.4 is 0 Å². The van der Waals surface area contributed by atoms with Gasteiger partial charge in [-0.2, -0.15) is 0 Å². The van der Waals surface area contributed by atoms with Crippen molar-refractivity contribution in [2.24, 2.45) is 0 Å². The Morgan fingerprint density at radius 1 is 1.75 bits per heavy atom. The third kappa shape index (κ3) is 2.67. The summed E-state index contributed by atoms with van der Waals surface area (Å²) in [4.78, 5) is 10.6. The van der Waals surface area contributed by atoms with Crippen LogP contribution in [0.4, 0.5) is 0 Å². The summed E-state index contributed by atoms with van der Waals surface area (Å²) in [6, 6.07) is 0. The second-order valence-corrected chi connectivity index (χ2v) is 2.62. The number of nitrogens with zero attached hydrogens (tertiary/aromatic N) is 1. The maximum Gasteiger partial charge on any atom is 0.243 e. The first-order valence-corrected chi connectivity index (χ1v) is 4.07. The summed E-state index contributed by atoms with van der Waals surface area (Å²) in [5.41, 5.74) is 0. The van der Waals surface area contributed by atoms with Crippen LogP contribution in [0.2, 0.25) is 0 Å². The summed E-state index contributed by atoms with van der Waals surface area (Å²) in [6.45, 7) is 2.60. The predicted molar refractivity (Wildman–Crippen MR) is 40.1 cm³/mol. The van der Waals surface area contributed by atoms with Gasteiger partial charge in [0.15, 0.2) is 0 Å². The molecule has 0 aromatic rings. The molecule has 0 aliphatic carbocycles. The van der Waals surface area contributed by atoms with Crippen LogP contribution in [0, 0.1) is 0 Å². The Balaban J connectivity index is 3.46. The van der Waals surface area contributed by atoms with E-state index in [9.17, 15) is 4.79 Å². The quantitative estimate of drug-likeness (QED) is 0.533. The van der Waals surface area contributed by atoms with Gasteiger partial charge in [0.05, 0.1) is 21.5 Å². The molecule has 0 saturated carbocycles. The Kier molecular flexibility index (Phi) is 4.56. The minimum atomic E-state index is 0.0486. The van der Waals surface area contributed by atoms with E-state index in [1.165, 1.54) is 3.93 Å². The van der Waals surface area contributed by atoms with E-state index in [0.29, 0.717) is 11.9 Å². The molecule has 0 aliphatic heterocycles. The summed E-state index contributed by atoms with van der Waals surface area (Å²) in [5, 5.41) is 0.381. The summed E-state index contributed by atoms with van der Waals surface area (Å²) in [5.74, 6) is 0.0486. The second kappa shape index (κ2) is 4.32. The molecule has 0 N–H and O–H groups in total. The lowest BCUT2D eigenvalue weighted by Crippen LogP contribution is -2.20. The van der Waals surface area contributed by atoms with Crippen molar-refractivity contribution in [1.82, 2.24) is 3.93 Å². The maximum absolute atomic E-state index is 10.6. The molecular weight excluding hydrogens is 238 g/mol. The zero-order valence-electron chi connectivity index (χ0n) is 4.53. The molecule has 8 heavy (non-hydrogen) atoms. The van der Waals surface area contributed by atoms with Gasteiger partial charge in [-0.1, -0.05) is 15.9 Å². The predicted octanol–water partition coefficient (Wildman–Crippen LogP) is 1.54. The fourth-order valence-electron chi connectivity index (χ4n) is 0.241. The number of carbonyl (C=O) groups excluding carboxylic acids is 1. The van der Waals surface area contributed by atoms with E-state index >= 15 is 0 Å². The van der Waals surface area contributed by atoms with Gasteiger partial charge in [-0.25, -0.2) is 0 Å². The third-order valence-electron chi connectivity index (χ3n) is 0.663. The van der Waals surface area contributed by atoms with Crippen molar-refractivity contribution >= 4 is 38.0 Å². The molecule has 0 aliphatic rings. The maximum atomic E-state index is 10.6. The molecule has 0 aromatic heterocycles. The Hall–Kier alpha value is 0.430. The van der Waals surface area contributed by atoms with Gasteiger partial charge in [-0.15, -0.1) is 0 Å². The summed E-state index contributed by atoms with van der Waals surface area (Å²) in [6.07, 6.45) is 0. The number of halogens is 2. The highest BCUT2D eigenvalue weighted by atomic mass is 79.9. The largest absolute Gasteiger partial charge is 0.278 e. The third-order valence-corrected chi connectivity index (χ3v) is 2.04. The van der Waals surface area contributed by atoms with Gasteiger partial charge in [0.2, 0.25) is 5.91 Å². The zero-order valence-corrected chi connectivity index (χ0v) is 7.70. The number of carbonyl (C=O) groups is 1. The normalized spacial score (nSPS) is 8.88. The van der Waals surface area contributed by atoms with Crippen LogP contribution in [0.1, 0.15) is 6.92 Å². The number of amides is 1. The van der Waals surface area contributed by atoms with Crippen LogP contribution in [0.3, 0.4) is 0 Å². The van der Waals surface area contributed by atoms with Crippen molar-refractivity contribution < 1.29 is 4.79 Å². The zero-order chi connectivity index (χ0) is 6.57. The molecular formula is C4H7Br2NO. The molecule has 0 bridgehead atoms. The molecule has 0 aromatic carbocycles. The molecule has 0 radical (unpaired) electrons. The molecule has 2 nitrogen and oxygen atoms in total. The van der Waals surface area contributed by atoms with E-state index in [2.05, 4.69) is 32.1 Å². The molecule has 0 rings (SSSR count). The van der Waals surface area contributed by atoms with Gasteiger partial charge in [0.1, 0.15) is 0 Å². The Labute approximate surface area is 65.7 Å². The second-order valence-electron chi connectivity index (χ2n) is 1.21. The highest BCUT2D eigenvalue weighted by molar-refractivity contribution is 9.09. The molecule has 48 valence electrons. The van der Waals surface area contributed by atoms with Gasteiger partial charge < -0.3 is 0 Å². The fourth-order valence-corrected chi connectivity index (χ4v) is 1.01. The van der Waals surface area contributed by atoms with Crippen molar-refractivity contribution in [2.45, 2.75) is 6.92 Å². The molecule has 4 heteroatoms. The summed E-state index contributed by atoms with van der Waals surface area (Å²) < 4.78 is 1.47. The summed E-state index contributed by atoms with van der Waals surface area (Å²) in [7, 11) is 0. The Morgan fingerprint density at radius 3 is 2.38 bits per heavy atom. The minimum absolute atomic E-state index is 0.0486. The lowest BCUT2D eigenvalue weighted by molar-refractivity contribution is -0.122. The van der Waals surface area contributed by atoms with Gasteiger partial charge in [0, 0.05) is 6.54 Å². The lowest BCUT2D eigenvalue weighted by atomic mass is 10.6. The van der Waals surface area contributed by atoms with Crippen molar-refractivity contribution in [1.29, 1.82) is 0 Å². The first kappa shape index (κ1) is 8.43. The average molecular weight is 245 g/mol. The van der Waals surface area contributed by atoms with E-state index in [0.717, 1.165) is 0 Å². The first-order chi connectivity index (χ1) is 3.72. The van der Waals surface area contributed by atoms with Crippen molar-refractivity contribution in [3.8, 4) is 0 Å². The van der Waals surface area contributed by atoms with Crippen molar-refractivity contribution in [3.63, 3.8) is 0 Å². The first-order valence-electron chi connectivity index (χ1n) is 2.24. The van der Waals surface area contributed by atoms with Gasteiger partial charge in [0.25, 0.3) is 0 Å². The molecule has 0 atom stereocenters. The van der Waals surface area contributed by atoms with Crippen LogP contribution in [0.5, 0.6) is 0 Å². The molecule has 0 heterocycles. The molecule has 0 unspecified atom stereocenters. The lowest BCUT2D eigenvalue weighted by Gasteiger charge is -2.07. The highest BCUT2D eigenvalue weighted by Crippen LogP contribution is 1.98. The molecule has 0 fully saturated rings. The molecule has 1 amide bonds. The van der Waals surface area contributed by atoms with Gasteiger partial charge >= 0.3 is 0 Å². The van der Waals surface area contributed by atoms with E-state index in [1.807, 2.05) is 6.92 Å². The standard InChI is InChI=1S/C4H7Br2NO/c1-2-7(6)4(8)3-5/h2-3H2,1H3. The van der Waals surface area contributed by atoms with Crippen LogP contribution in [0.15, 0.2) is 0 Å². The van der Waals surface area contributed by atoms with Crippen LogP contribution >= 0.6 is 32.1 Å². The van der Waals surface area contributed by atoms with Crippen molar-refractivity contribution in [2.75, 3.05) is 11.9 Å².